The van der Waals surface area contributed by atoms with Crippen molar-refractivity contribution in [3.63, 3.8) is 0 Å². The molecule has 2 saturated heterocycles. The number of fused-ring (bicyclic) bond motifs is 1. The van der Waals surface area contributed by atoms with Gasteiger partial charge in [0.05, 0.1) is 12.5 Å². The average Bonchev–Trinajstić information content (AvgIpc) is 2.93. The van der Waals surface area contributed by atoms with Gasteiger partial charge in [-0.3, -0.25) is 9.59 Å². The fourth-order valence-electron chi connectivity index (χ4n) is 3.69. The first-order valence-corrected chi connectivity index (χ1v) is 7.67. The maximum absolute atomic E-state index is 12.1. The number of carbonyl (C=O) groups excluding carboxylic acids is 2. The topological polar surface area (TPSA) is 66.0 Å². The molecule has 0 spiro atoms. The zero-order valence-electron chi connectivity index (χ0n) is 11.4. The van der Waals surface area contributed by atoms with Gasteiger partial charge in [0.2, 0.25) is 5.91 Å². The molecule has 2 amide bonds. The van der Waals surface area contributed by atoms with Gasteiger partial charge in [-0.1, -0.05) is 6.42 Å². The minimum atomic E-state index is -0.201. The van der Waals surface area contributed by atoms with Crippen LogP contribution in [0.25, 0.3) is 0 Å². The van der Waals surface area contributed by atoms with Crippen LogP contribution in [0.15, 0.2) is 0 Å². The van der Waals surface area contributed by atoms with Gasteiger partial charge >= 0.3 is 0 Å². The lowest BCUT2D eigenvalue weighted by Gasteiger charge is -2.37. The van der Waals surface area contributed by atoms with Gasteiger partial charge in [-0.25, -0.2) is 0 Å². The Morgan fingerprint density at radius 2 is 1.95 bits per heavy atom. The van der Waals surface area contributed by atoms with Crippen LogP contribution >= 0.6 is 0 Å². The van der Waals surface area contributed by atoms with E-state index in [-0.39, 0.29) is 17.9 Å². The summed E-state index contributed by atoms with van der Waals surface area (Å²) in [6.45, 7) is 1.75. The van der Waals surface area contributed by atoms with Gasteiger partial charge < -0.3 is 15.5 Å². The molecule has 3 aliphatic rings. The van der Waals surface area contributed by atoms with E-state index in [1.165, 1.54) is 19.3 Å². The highest BCUT2D eigenvalue weighted by Crippen LogP contribution is 2.19. The number of amides is 2. The predicted octanol–water partition coefficient (Wildman–Crippen LogP) is -0.628. The number of nitrogens with one attached hydrogen (secondary N) is 1. The number of quaternary nitrogens is 1. The van der Waals surface area contributed by atoms with Gasteiger partial charge in [0.25, 0.3) is 5.91 Å². The van der Waals surface area contributed by atoms with Gasteiger partial charge in [0, 0.05) is 19.5 Å². The van der Waals surface area contributed by atoms with E-state index in [9.17, 15) is 9.59 Å². The van der Waals surface area contributed by atoms with E-state index < -0.39 is 0 Å². The Kier molecular flexibility index (Phi) is 3.73. The van der Waals surface area contributed by atoms with Crippen molar-refractivity contribution in [2.45, 2.75) is 63.1 Å². The number of rotatable bonds is 2. The van der Waals surface area contributed by atoms with Crippen molar-refractivity contribution in [3.05, 3.63) is 0 Å². The number of nitrogens with two attached hydrogens (primary N) is 1. The summed E-state index contributed by atoms with van der Waals surface area (Å²) in [5, 5.41) is 5.29. The molecular formula is C14H24N3O2+. The van der Waals surface area contributed by atoms with Gasteiger partial charge in [-0.15, -0.1) is 0 Å². The first-order valence-electron chi connectivity index (χ1n) is 7.67. The summed E-state index contributed by atoms with van der Waals surface area (Å²) >= 11 is 0. The molecular weight excluding hydrogens is 242 g/mol. The van der Waals surface area contributed by atoms with Gasteiger partial charge in [-0.05, 0) is 25.7 Å². The van der Waals surface area contributed by atoms with E-state index in [4.69, 9.17) is 0 Å². The second-order valence-electron chi connectivity index (χ2n) is 6.15. The highest BCUT2D eigenvalue weighted by molar-refractivity contribution is 5.87. The summed E-state index contributed by atoms with van der Waals surface area (Å²) in [5.74, 6) is 0.221. The van der Waals surface area contributed by atoms with E-state index in [0.717, 1.165) is 32.4 Å². The van der Waals surface area contributed by atoms with E-state index in [1.807, 2.05) is 4.90 Å². The first kappa shape index (κ1) is 12.9. The normalized spacial score (nSPS) is 34.8. The molecule has 5 nitrogen and oxygen atoms in total. The Morgan fingerprint density at radius 1 is 1.21 bits per heavy atom. The Bertz CT molecular complexity index is 366. The second-order valence-corrected chi connectivity index (χ2v) is 6.15. The molecule has 0 unspecified atom stereocenters. The van der Waals surface area contributed by atoms with Crippen LogP contribution in [-0.4, -0.2) is 47.9 Å². The fraction of sp³-hybridized carbons (Fsp3) is 0.857. The molecule has 3 fully saturated rings. The van der Waals surface area contributed by atoms with Crippen LogP contribution in [-0.2, 0) is 9.59 Å². The molecule has 0 radical (unpaired) electrons. The molecule has 2 aliphatic heterocycles. The lowest BCUT2D eigenvalue weighted by molar-refractivity contribution is -0.718. The zero-order chi connectivity index (χ0) is 13.2. The number of carbonyl (C=O) groups is 2. The smallest absolute Gasteiger partial charge is 0.279 e. The van der Waals surface area contributed by atoms with E-state index in [2.05, 4.69) is 10.6 Å². The number of piperazine rings is 1. The van der Waals surface area contributed by atoms with E-state index in [1.54, 1.807) is 0 Å². The van der Waals surface area contributed by atoms with Crippen molar-refractivity contribution >= 4 is 11.8 Å². The van der Waals surface area contributed by atoms with Crippen LogP contribution in [0.5, 0.6) is 0 Å². The molecule has 1 aliphatic carbocycles. The third-order valence-corrected chi connectivity index (χ3v) is 4.82. The Labute approximate surface area is 114 Å². The van der Waals surface area contributed by atoms with Gasteiger partial charge in [0.1, 0.15) is 6.04 Å². The second kappa shape index (κ2) is 5.49. The molecule has 0 aromatic carbocycles. The SMILES string of the molecule is O=C1N[C@@H]2CCCC[C@@H]2[NH2+][C@H]1CC(=O)N1CCCC1. The fourth-order valence-corrected chi connectivity index (χ4v) is 3.69. The molecule has 0 aromatic rings. The van der Waals surface area contributed by atoms with Gasteiger partial charge in [0.15, 0.2) is 6.04 Å². The largest absolute Gasteiger partial charge is 0.342 e. The van der Waals surface area contributed by atoms with Crippen LogP contribution < -0.4 is 10.6 Å². The number of hydrogen-bond donors (Lipinski definition) is 2. The molecule has 3 rings (SSSR count). The third-order valence-electron chi connectivity index (χ3n) is 4.82. The molecule has 19 heavy (non-hydrogen) atoms. The van der Waals surface area contributed by atoms with Crippen LogP contribution in [0, 0.1) is 0 Å². The number of likely N-dealkylation sites (tertiary alicyclic amines) is 1. The van der Waals surface area contributed by atoms with Crippen molar-refractivity contribution in [2.24, 2.45) is 0 Å². The minimum Gasteiger partial charge on any atom is -0.342 e. The highest BCUT2D eigenvalue weighted by atomic mass is 16.2. The molecule has 1 saturated carbocycles. The van der Waals surface area contributed by atoms with Crippen molar-refractivity contribution in [2.75, 3.05) is 13.1 Å². The van der Waals surface area contributed by atoms with Crippen LogP contribution in [0.4, 0.5) is 0 Å². The lowest BCUT2D eigenvalue weighted by Crippen LogP contribution is -3.03. The van der Waals surface area contributed by atoms with Crippen LogP contribution in [0.1, 0.15) is 44.9 Å². The summed E-state index contributed by atoms with van der Waals surface area (Å²) in [6, 6.07) is 0.620. The standard InChI is InChI=1S/C14H23N3O2/c18-13(17-7-3-4-8-17)9-12-14(19)16-11-6-2-1-5-10(11)15-12/h10-12,15H,1-9H2,(H,16,19)/p+1/t10-,11+,12-/m0/s1. The van der Waals surface area contributed by atoms with E-state index in [0.29, 0.717) is 18.5 Å². The third kappa shape index (κ3) is 2.76. The Morgan fingerprint density at radius 3 is 2.74 bits per heavy atom. The van der Waals surface area contributed by atoms with Gasteiger partial charge in [-0.2, -0.15) is 0 Å². The van der Waals surface area contributed by atoms with E-state index >= 15 is 0 Å². The van der Waals surface area contributed by atoms with Crippen molar-refractivity contribution < 1.29 is 14.9 Å². The highest BCUT2D eigenvalue weighted by Gasteiger charge is 2.41. The maximum Gasteiger partial charge on any atom is 0.279 e. The zero-order valence-corrected chi connectivity index (χ0v) is 11.4. The number of nitrogens with zero attached hydrogens (tertiary/aromatic N) is 1. The van der Waals surface area contributed by atoms with Crippen molar-refractivity contribution in [1.82, 2.24) is 10.2 Å². The molecule has 0 bridgehead atoms. The van der Waals surface area contributed by atoms with Crippen molar-refractivity contribution in [3.8, 4) is 0 Å². The minimum absolute atomic E-state index is 0.0655. The number of hydrogen-bond acceptors (Lipinski definition) is 2. The molecule has 2 heterocycles. The molecule has 0 aromatic heterocycles. The summed E-state index contributed by atoms with van der Waals surface area (Å²) in [4.78, 5) is 26.1. The Hall–Kier alpha value is -1.10. The predicted molar refractivity (Wildman–Crippen MR) is 70.3 cm³/mol. The average molecular weight is 266 g/mol. The summed E-state index contributed by atoms with van der Waals surface area (Å²) < 4.78 is 0. The molecule has 3 atom stereocenters. The first-order chi connectivity index (χ1) is 9.24. The molecule has 3 N–H and O–H groups in total. The Balaban J connectivity index is 1.58. The summed E-state index contributed by atoms with van der Waals surface area (Å²) in [6.07, 6.45) is 7.31. The summed E-state index contributed by atoms with van der Waals surface area (Å²) in [7, 11) is 0. The van der Waals surface area contributed by atoms with Crippen molar-refractivity contribution in [1.29, 1.82) is 0 Å². The monoisotopic (exact) mass is 266 g/mol. The lowest BCUT2D eigenvalue weighted by atomic mass is 9.87. The molecule has 5 heteroatoms. The summed E-state index contributed by atoms with van der Waals surface area (Å²) in [5.41, 5.74) is 0. The van der Waals surface area contributed by atoms with Crippen LogP contribution in [0.3, 0.4) is 0 Å². The quantitative estimate of drug-likeness (QED) is 0.699. The van der Waals surface area contributed by atoms with Crippen LogP contribution in [0.2, 0.25) is 0 Å². The maximum atomic E-state index is 12.1. The molecule has 106 valence electrons.